The van der Waals surface area contributed by atoms with Crippen LogP contribution in [0.15, 0.2) is 291 Å². The molecule has 2 aromatic heterocycles. The van der Waals surface area contributed by atoms with Crippen LogP contribution in [-0.4, -0.2) is 29.9 Å². The van der Waals surface area contributed by atoms with Gasteiger partial charge in [-0.25, -0.2) is 29.9 Å². The summed E-state index contributed by atoms with van der Waals surface area (Å²) < 4.78 is 0. The maximum absolute atomic E-state index is 5.04. The van der Waals surface area contributed by atoms with Crippen LogP contribution >= 0.6 is 0 Å². The largest absolute Gasteiger partial charge is 0.208 e. The van der Waals surface area contributed by atoms with Gasteiger partial charge < -0.3 is 0 Å². The van der Waals surface area contributed by atoms with E-state index in [2.05, 4.69) is 225 Å². The van der Waals surface area contributed by atoms with Gasteiger partial charge in [-0.2, -0.15) is 0 Å². The first kappa shape index (κ1) is 59.2. The van der Waals surface area contributed by atoms with Crippen LogP contribution in [0.4, 0.5) is 0 Å². The summed E-state index contributed by atoms with van der Waals surface area (Å²) >= 11 is 0. The van der Waals surface area contributed by atoms with Gasteiger partial charge in [0.25, 0.3) is 0 Å². The number of fused-ring (bicyclic) bond motifs is 7. The minimum atomic E-state index is -0.0605. The van der Waals surface area contributed by atoms with Crippen molar-refractivity contribution in [1.82, 2.24) is 29.9 Å². The third kappa shape index (κ3) is 10.4. The topological polar surface area (TPSA) is 77.3 Å². The summed E-state index contributed by atoms with van der Waals surface area (Å²) in [6.45, 7) is 19.1. The van der Waals surface area contributed by atoms with Crippen LogP contribution in [0, 0.1) is 0 Å². The van der Waals surface area contributed by atoms with Crippen LogP contribution in [0.5, 0.6) is 0 Å². The molecule has 0 spiro atoms. The summed E-state index contributed by atoms with van der Waals surface area (Å²) in [5.74, 6) is 3.97. The van der Waals surface area contributed by atoms with Crippen LogP contribution in [-0.2, 0) is 21.7 Å². The molecule has 0 N–H and O–H groups in total. The van der Waals surface area contributed by atoms with Gasteiger partial charge in [-0.15, -0.1) is 0 Å². The predicted molar refractivity (Wildman–Crippen MR) is 389 cm³/mol. The second-order valence-electron chi connectivity index (χ2n) is 27.1. The number of nitrogens with zero attached hydrogens (tertiary/aromatic N) is 6. The highest BCUT2D eigenvalue weighted by Gasteiger charge is 2.47. The fourth-order valence-electron chi connectivity index (χ4n) is 14.1. The Morgan fingerprint density at radius 3 is 0.872 bits per heavy atom. The van der Waals surface area contributed by atoms with Crippen molar-refractivity contribution in [3.63, 3.8) is 0 Å². The Balaban J connectivity index is 0.000000155. The molecule has 6 nitrogen and oxygen atoms in total. The van der Waals surface area contributed by atoms with E-state index in [1.54, 1.807) is 0 Å². The quantitative estimate of drug-likeness (QED) is 0.143. The normalized spacial score (nSPS) is 14.3. The number of benzene rings is 12. The van der Waals surface area contributed by atoms with Crippen molar-refractivity contribution in [2.24, 2.45) is 0 Å². The molecule has 2 heterocycles. The molecule has 2 aliphatic rings. The molecule has 0 aliphatic heterocycles. The summed E-state index contributed by atoms with van der Waals surface area (Å²) in [5.41, 5.74) is 23.7. The Bertz CT molecular complexity index is 5070. The molecule has 6 heteroatoms. The molecule has 94 heavy (non-hydrogen) atoms. The van der Waals surface area contributed by atoms with Crippen molar-refractivity contribution in [2.45, 2.75) is 77.0 Å². The summed E-state index contributed by atoms with van der Waals surface area (Å²) in [4.78, 5) is 29.8. The van der Waals surface area contributed by atoms with Crippen LogP contribution in [0.1, 0.15) is 77.6 Å². The van der Waals surface area contributed by atoms with Crippen LogP contribution in [0.2, 0.25) is 0 Å². The van der Waals surface area contributed by atoms with Crippen LogP contribution < -0.4 is 0 Å². The van der Waals surface area contributed by atoms with Gasteiger partial charge in [0.05, 0.1) is 0 Å². The van der Waals surface area contributed by atoms with Gasteiger partial charge in [-0.3, -0.25) is 0 Å². The average molecular weight is 1210 g/mol. The molecule has 2 aliphatic carbocycles. The van der Waals surface area contributed by atoms with Crippen LogP contribution in [0.25, 0.3) is 135 Å². The van der Waals surface area contributed by atoms with Crippen molar-refractivity contribution < 1.29 is 0 Å². The standard InChI is InChI=1S/C45H37N3.C43H35N3/c1-44(2)39-24-12-11-23-37(39)38-26-25-35(29-40(38)45(44,3)4)33-20-13-19-32(27-33)34-21-14-22-36(28-34)43-47-41(30-15-7-5-8-16-30)46-42(48-43)31-17-9-6-10-18-31;1-42(2)37-22-14-13-21-34(37)35-24-23-30(27-38(35)43(42,3)4)31-25-26-36(33-20-12-11-19-32(31)33)41-45-39(28-15-7-5-8-16-28)44-40(46-41)29-17-9-6-10-18-29/h5-29H,1-4H3;5-27H,1-4H3. The molecule has 14 aromatic rings. The first-order chi connectivity index (χ1) is 45.6. The van der Waals surface area contributed by atoms with E-state index in [1.165, 1.54) is 72.1 Å². The first-order valence-corrected chi connectivity index (χ1v) is 32.6. The summed E-state index contributed by atoms with van der Waals surface area (Å²) in [6, 6.07) is 103. The van der Waals surface area contributed by atoms with Crippen molar-refractivity contribution in [2.75, 3.05) is 0 Å². The molecule has 0 saturated carbocycles. The summed E-state index contributed by atoms with van der Waals surface area (Å²) in [7, 11) is 0. The summed E-state index contributed by atoms with van der Waals surface area (Å²) in [5, 5.41) is 2.29. The molecule has 12 aromatic carbocycles. The fourth-order valence-corrected chi connectivity index (χ4v) is 14.1. The Kier molecular flexibility index (Phi) is 14.8. The Labute approximate surface area is 551 Å². The smallest absolute Gasteiger partial charge is 0.164 e. The van der Waals surface area contributed by atoms with Crippen molar-refractivity contribution in [1.29, 1.82) is 0 Å². The van der Waals surface area contributed by atoms with E-state index in [1.807, 2.05) is 121 Å². The lowest BCUT2D eigenvalue weighted by Gasteiger charge is -2.48. The minimum Gasteiger partial charge on any atom is -0.208 e. The van der Waals surface area contributed by atoms with Crippen molar-refractivity contribution in [3.8, 4) is 124 Å². The van der Waals surface area contributed by atoms with Gasteiger partial charge in [0.2, 0.25) is 0 Å². The molecular formula is C88H72N6. The molecule has 0 fully saturated rings. The monoisotopic (exact) mass is 1210 g/mol. The highest BCUT2D eigenvalue weighted by Crippen LogP contribution is 2.56. The zero-order chi connectivity index (χ0) is 64.3. The Hall–Kier alpha value is -11.1. The molecule has 0 amide bonds. The number of hydrogen-bond acceptors (Lipinski definition) is 6. The van der Waals surface area contributed by atoms with E-state index in [9.17, 15) is 0 Å². The number of hydrogen-bond donors (Lipinski definition) is 0. The maximum Gasteiger partial charge on any atom is 0.164 e. The molecule has 0 saturated heterocycles. The third-order valence-corrected chi connectivity index (χ3v) is 20.8. The Morgan fingerprint density at radius 1 is 0.170 bits per heavy atom. The van der Waals surface area contributed by atoms with E-state index in [-0.39, 0.29) is 21.7 Å². The SMILES string of the molecule is CC1(C)c2ccccc2-c2ccc(-c3ccc(-c4nc(-c5ccccc5)nc(-c5ccccc5)n4)c4ccccc34)cc2C1(C)C.CC1(C)c2ccccc2-c2ccc(-c3cccc(-c4cccc(-c5nc(-c6ccccc6)nc(-c6ccccc6)n5)c4)c3)cc2C1(C)C. The molecule has 0 bridgehead atoms. The highest BCUT2D eigenvalue weighted by atomic mass is 15.0. The number of aromatic nitrogens is 6. The van der Waals surface area contributed by atoms with Crippen LogP contribution in [0.3, 0.4) is 0 Å². The molecule has 16 rings (SSSR count). The zero-order valence-electron chi connectivity index (χ0n) is 54.4. The van der Waals surface area contributed by atoms with Crippen molar-refractivity contribution >= 4 is 10.8 Å². The Morgan fingerprint density at radius 2 is 0.436 bits per heavy atom. The number of rotatable bonds is 9. The van der Waals surface area contributed by atoms with E-state index in [0.29, 0.717) is 34.9 Å². The van der Waals surface area contributed by atoms with Gasteiger partial charge >= 0.3 is 0 Å². The van der Waals surface area contributed by atoms with Gasteiger partial charge in [-0.1, -0.05) is 316 Å². The lowest BCUT2D eigenvalue weighted by Crippen LogP contribution is -2.43. The predicted octanol–water partition coefficient (Wildman–Crippen LogP) is 22.4. The van der Waals surface area contributed by atoms with E-state index in [4.69, 9.17) is 29.9 Å². The lowest BCUT2D eigenvalue weighted by atomic mass is 9.55. The fraction of sp³-hybridized carbons (Fsp3) is 0.136. The molecule has 454 valence electrons. The van der Waals surface area contributed by atoms with Gasteiger partial charge in [0.15, 0.2) is 34.9 Å². The maximum atomic E-state index is 5.04. The molecule has 0 atom stereocenters. The van der Waals surface area contributed by atoms with Gasteiger partial charge in [-0.05, 0) is 141 Å². The van der Waals surface area contributed by atoms with E-state index < -0.39 is 0 Å². The van der Waals surface area contributed by atoms with Crippen molar-refractivity contribution in [3.05, 3.63) is 313 Å². The average Bonchev–Trinajstić information content (AvgIpc) is 0.723. The van der Waals surface area contributed by atoms with Gasteiger partial charge in [0, 0.05) is 33.4 Å². The lowest BCUT2D eigenvalue weighted by molar-refractivity contribution is 0.299. The second kappa shape index (κ2) is 23.6. The molecule has 0 radical (unpaired) electrons. The zero-order valence-corrected chi connectivity index (χ0v) is 54.4. The second-order valence-corrected chi connectivity index (χ2v) is 27.1. The van der Waals surface area contributed by atoms with E-state index in [0.717, 1.165) is 49.9 Å². The molecule has 0 unspecified atom stereocenters. The third-order valence-electron chi connectivity index (χ3n) is 20.8. The van der Waals surface area contributed by atoms with E-state index >= 15 is 0 Å². The molecular weight excluding hydrogens is 1140 g/mol. The summed E-state index contributed by atoms with van der Waals surface area (Å²) in [6.07, 6.45) is 0. The van der Waals surface area contributed by atoms with Gasteiger partial charge in [0.1, 0.15) is 0 Å². The minimum absolute atomic E-state index is 0.00666. The first-order valence-electron chi connectivity index (χ1n) is 32.6. The highest BCUT2D eigenvalue weighted by molar-refractivity contribution is 6.04.